The minimum absolute atomic E-state index is 0.158. The molecule has 5 rings (SSSR count). The van der Waals surface area contributed by atoms with Gasteiger partial charge in [0.2, 0.25) is 11.8 Å². The van der Waals surface area contributed by atoms with E-state index in [2.05, 4.69) is 4.98 Å². The molecule has 4 aromatic rings. The Bertz CT molecular complexity index is 1790. The number of nitro benzene ring substituents is 1. The lowest BCUT2D eigenvalue weighted by molar-refractivity contribution is -0.384. The van der Waals surface area contributed by atoms with E-state index in [-0.39, 0.29) is 60.2 Å². The van der Waals surface area contributed by atoms with Gasteiger partial charge in [-0.05, 0) is 30.5 Å². The molecule has 3 aromatic carbocycles. The van der Waals surface area contributed by atoms with Crippen LogP contribution in [-0.2, 0) is 27.3 Å². The molecule has 1 aliphatic rings. The van der Waals surface area contributed by atoms with Crippen molar-refractivity contribution in [2.45, 2.75) is 31.9 Å². The van der Waals surface area contributed by atoms with E-state index in [0.717, 1.165) is 12.8 Å². The number of aromatic nitrogens is 2. The van der Waals surface area contributed by atoms with E-state index in [1.165, 1.54) is 34.8 Å². The summed E-state index contributed by atoms with van der Waals surface area (Å²) < 4.78 is 12.4. The molecule has 2 amide bonds. The van der Waals surface area contributed by atoms with E-state index in [9.17, 15) is 29.3 Å². The average molecular weight is 602 g/mol. The Kier molecular flexibility index (Phi) is 8.86. The van der Waals surface area contributed by atoms with Gasteiger partial charge in [-0.3, -0.25) is 29.1 Å². The fraction of sp³-hybridized carbons (Fsp3) is 0.290. The zero-order valence-corrected chi connectivity index (χ0v) is 24.0. The fourth-order valence-electron chi connectivity index (χ4n) is 5.50. The average Bonchev–Trinajstić information content (AvgIpc) is 3.64. The van der Waals surface area contributed by atoms with Crippen LogP contribution in [0.4, 0.5) is 5.69 Å². The van der Waals surface area contributed by atoms with Crippen molar-refractivity contribution in [3.63, 3.8) is 0 Å². The molecule has 3 N–H and O–H groups in total. The number of fused-ring (bicyclic) bond motifs is 1. The molecule has 0 saturated carbocycles. The third kappa shape index (κ3) is 6.37. The van der Waals surface area contributed by atoms with Crippen LogP contribution in [0.2, 0.25) is 0 Å². The largest absolute Gasteiger partial charge is 0.496 e. The normalized spacial score (nSPS) is 14.4. The molecule has 1 aromatic heterocycles. The lowest BCUT2D eigenvalue weighted by Gasteiger charge is -2.24. The number of nitrogens with two attached hydrogens (primary N) is 1. The van der Waals surface area contributed by atoms with Crippen LogP contribution in [0.25, 0.3) is 11.0 Å². The maximum atomic E-state index is 13.6. The monoisotopic (exact) mass is 601 g/mol. The smallest absolute Gasteiger partial charge is 0.326 e. The Balaban J connectivity index is 1.62. The molecule has 228 valence electrons. The van der Waals surface area contributed by atoms with Gasteiger partial charge in [-0.2, -0.15) is 0 Å². The first-order valence-corrected chi connectivity index (χ1v) is 14.0. The topological polar surface area (TPSA) is 180 Å². The summed E-state index contributed by atoms with van der Waals surface area (Å²) in [7, 11) is 1.41. The molecule has 1 atom stereocenters. The maximum Gasteiger partial charge on any atom is 0.326 e. The van der Waals surface area contributed by atoms with E-state index >= 15 is 0 Å². The highest BCUT2D eigenvalue weighted by Crippen LogP contribution is 2.28. The molecule has 2 heterocycles. The maximum absolute atomic E-state index is 13.6. The highest BCUT2D eigenvalue weighted by atomic mass is 16.6. The molecule has 13 nitrogen and oxygen atoms in total. The number of rotatable bonds is 12. The Morgan fingerprint density at radius 1 is 1.14 bits per heavy atom. The van der Waals surface area contributed by atoms with Crippen LogP contribution in [0, 0.1) is 10.1 Å². The number of hydrogen-bond acceptors (Lipinski definition) is 8. The molecular weight excluding hydrogens is 570 g/mol. The number of amides is 2. The second-order valence-electron chi connectivity index (χ2n) is 10.5. The molecule has 1 aliphatic heterocycles. The molecule has 1 fully saturated rings. The van der Waals surface area contributed by atoms with Crippen LogP contribution >= 0.6 is 0 Å². The number of nitrogens with one attached hydrogen (secondary N) is 1. The van der Waals surface area contributed by atoms with Crippen molar-refractivity contribution in [1.82, 2.24) is 14.5 Å². The van der Waals surface area contributed by atoms with Crippen LogP contribution in [0.3, 0.4) is 0 Å². The number of imidazole rings is 1. The lowest BCUT2D eigenvalue weighted by atomic mass is 9.98. The Labute approximate surface area is 251 Å². The van der Waals surface area contributed by atoms with E-state index < -0.39 is 22.4 Å². The van der Waals surface area contributed by atoms with E-state index in [0.29, 0.717) is 29.0 Å². The lowest BCUT2D eigenvalue weighted by Crippen LogP contribution is -2.43. The van der Waals surface area contributed by atoms with Crippen molar-refractivity contribution in [1.29, 1.82) is 0 Å². The standard InChI is InChI=1S/C31H31N5O8/c1-43-25-12-10-22(36(41)42)14-21(25)16-35-29-20(15-27(38)34(18-26(32)37)17-23-8-5-13-44-23)9-11-24(28(29)33-31(35)40)30(39)19-6-3-2-4-7-19/h2-4,6-7,9-12,14,23H,5,8,13,15-18H2,1H3,(H2,32,37)(H,33,40). The number of non-ortho nitro benzene ring substituents is 1. The summed E-state index contributed by atoms with van der Waals surface area (Å²) in [5.41, 5.74) is 6.49. The van der Waals surface area contributed by atoms with Gasteiger partial charge in [0.15, 0.2) is 5.78 Å². The first-order valence-electron chi connectivity index (χ1n) is 14.0. The summed E-state index contributed by atoms with van der Waals surface area (Å²) >= 11 is 0. The second-order valence-corrected chi connectivity index (χ2v) is 10.5. The molecule has 0 aliphatic carbocycles. The number of ketones is 1. The molecule has 0 spiro atoms. The number of H-pyrrole nitrogens is 1. The molecular formula is C31H31N5O8. The van der Waals surface area contributed by atoms with Crippen molar-refractivity contribution in [2.75, 3.05) is 26.8 Å². The van der Waals surface area contributed by atoms with Gasteiger partial charge in [0.1, 0.15) is 5.75 Å². The fourth-order valence-corrected chi connectivity index (χ4v) is 5.50. The zero-order valence-electron chi connectivity index (χ0n) is 24.0. The number of nitro groups is 1. The van der Waals surface area contributed by atoms with E-state index in [1.807, 2.05) is 0 Å². The van der Waals surface area contributed by atoms with Gasteiger partial charge in [-0.15, -0.1) is 0 Å². The quantitative estimate of drug-likeness (QED) is 0.141. The summed E-state index contributed by atoms with van der Waals surface area (Å²) in [6, 6.07) is 15.7. The number of methoxy groups -OCH3 is 1. The second kappa shape index (κ2) is 12.9. The summed E-state index contributed by atoms with van der Waals surface area (Å²) in [6.45, 7) is 0.282. The number of aromatic amines is 1. The number of primary amides is 1. The highest BCUT2D eigenvalue weighted by Gasteiger charge is 2.27. The first-order chi connectivity index (χ1) is 21.2. The van der Waals surface area contributed by atoms with E-state index in [4.69, 9.17) is 15.2 Å². The number of nitrogens with zero attached hydrogens (tertiary/aromatic N) is 3. The van der Waals surface area contributed by atoms with Gasteiger partial charge in [-0.25, -0.2) is 4.79 Å². The van der Waals surface area contributed by atoms with Gasteiger partial charge < -0.3 is 25.1 Å². The zero-order chi connectivity index (χ0) is 31.4. The Morgan fingerprint density at radius 3 is 2.57 bits per heavy atom. The predicted molar refractivity (Wildman–Crippen MR) is 160 cm³/mol. The number of ether oxygens (including phenoxy) is 2. The first kappa shape index (κ1) is 30.2. The molecule has 1 unspecified atom stereocenters. The molecule has 0 radical (unpaired) electrons. The van der Waals surface area contributed by atoms with Gasteiger partial charge in [0.05, 0.1) is 48.7 Å². The van der Waals surface area contributed by atoms with Crippen molar-refractivity contribution in [2.24, 2.45) is 5.73 Å². The van der Waals surface area contributed by atoms with Crippen molar-refractivity contribution in [3.05, 3.63) is 104 Å². The van der Waals surface area contributed by atoms with Gasteiger partial charge in [-0.1, -0.05) is 36.4 Å². The van der Waals surface area contributed by atoms with Crippen LogP contribution in [0.1, 0.15) is 39.9 Å². The van der Waals surface area contributed by atoms with Crippen LogP contribution in [0.15, 0.2) is 65.5 Å². The van der Waals surface area contributed by atoms with Crippen LogP contribution < -0.4 is 16.2 Å². The molecule has 44 heavy (non-hydrogen) atoms. The summed E-state index contributed by atoms with van der Waals surface area (Å²) in [5.74, 6) is -1.13. The minimum atomic E-state index is -0.679. The predicted octanol–water partition coefficient (Wildman–Crippen LogP) is 2.56. The number of carbonyl (C=O) groups is 3. The summed E-state index contributed by atoms with van der Waals surface area (Å²) in [6.07, 6.45) is 1.14. The molecule has 1 saturated heterocycles. The number of hydrogen-bond donors (Lipinski definition) is 2. The van der Waals surface area contributed by atoms with Crippen molar-refractivity contribution in [3.8, 4) is 5.75 Å². The summed E-state index contributed by atoms with van der Waals surface area (Å²) in [4.78, 5) is 67.5. The highest BCUT2D eigenvalue weighted by molar-refractivity contribution is 6.15. The van der Waals surface area contributed by atoms with E-state index in [1.54, 1.807) is 42.5 Å². The third-order valence-electron chi connectivity index (χ3n) is 7.58. The third-order valence-corrected chi connectivity index (χ3v) is 7.58. The summed E-state index contributed by atoms with van der Waals surface area (Å²) in [5, 5.41) is 11.5. The van der Waals surface area contributed by atoms with Gasteiger partial charge >= 0.3 is 5.69 Å². The SMILES string of the molecule is COc1ccc([N+](=O)[O-])cc1Cn1c(=O)[nH]c2c(C(=O)c3ccccc3)ccc(CC(=O)N(CC(N)=O)CC3CCCO3)c21. The minimum Gasteiger partial charge on any atom is -0.496 e. The number of benzene rings is 3. The van der Waals surface area contributed by atoms with Crippen molar-refractivity contribution >= 4 is 34.3 Å². The molecule has 13 heteroatoms. The van der Waals surface area contributed by atoms with Gasteiger partial charge in [0, 0.05) is 42.0 Å². The Morgan fingerprint density at radius 2 is 1.91 bits per heavy atom. The van der Waals surface area contributed by atoms with Gasteiger partial charge in [0.25, 0.3) is 5.69 Å². The van der Waals surface area contributed by atoms with Crippen molar-refractivity contribution < 1.29 is 28.8 Å². The van der Waals surface area contributed by atoms with Crippen LogP contribution in [0.5, 0.6) is 5.75 Å². The Hall–Kier alpha value is -5.30. The van der Waals surface area contributed by atoms with Crippen LogP contribution in [-0.4, -0.2) is 69.9 Å². The molecule has 0 bridgehead atoms. The number of carbonyl (C=O) groups excluding carboxylic acids is 3.